The van der Waals surface area contributed by atoms with Crippen LogP contribution < -0.4 is 16.0 Å². The average Bonchev–Trinajstić information content (AvgIpc) is 3.56. The number of rotatable bonds is 12. The first-order chi connectivity index (χ1) is 22.4. The molecule has 1 aliphatic carbocycles. The van der Waals surface area contributed by atoms with Gasteiger partial charge in [-0.2, -0.15) is 0 Å². The molecule has 2 heterocycles. The molecule has 1 saturated carbocycles. The van der Waals surface area contributed by atoms with Gasteiger partial charge in [0, 0.05) is 39.2 Å². The first-order valence-electron chi connectivity index (χ1n) is 16.5. The maximum atomic E-state index is 15.7. The van der Waals surface area contributed by atoms with Gasteiger partial charge in [0.2, 0.25) is 17.7 Å². The molecule has 4 amide bonds. The second kappa shape index (κ2) is 16.3. The van der Waals surface area contributed by atoms with Crippen LogP contribution in [0.25, 0.3) is 0 Å². The number of methoxy groups -OCH3 is 1. The smallest absolute Gasteiger partial charge is 0.276 e. The molecular weight excluding hydrogens is 609 g/mol. The monoisotopic (exact) mass is 657 g/mol. The molecule has 14 heteroatoms. The molecule has 3 N–H and O–H groups in total. The SMILES string of the molecule is CCc1nonc1C(=O)N[C@H](C(=O)Nc1ccc([C@H](C)[C@@H](NC(=O)[C@H](C)OC)C(=O)N2CCN(C)CC2)cc1F)[C@H]1CC[C@H](C)CC1. The highest BCUT2D eigenvalue weighted by atomic mass is 19.1. The van der Waals surface area contributed by atoms with Gasteiger partial charge in [-0.15, -0.1) is 0 Å². The molecule has 0 radical (unpaired) electrons. The largest absolute Gasteiger partial charge is 0.372 e. The second-order valence-electron chi connectivity index (χ2n) is 12.9. The fourth-order valence-corrected chi connectivity index (χ4v) is 6.16. The minimum atomic E-state index is -0.962. The number of ether oxygens (including phenoxy) is 1. The van der Waals surface area contributed by atoms with E-state index in [1.54, 1.807) is 24.8 Å². The number of aromatic nitrogens is 2. The number of halogens is 1. The van der Waals surface area contributed by atoms with Gasteiger partial charge < -0.3 is 30.5 Å². The first kappa shape index (κ1) is 35.9. The Balaban J connectivity index is 1.53. The molecule has 1 aromatic carbocycles. The van der Waals surface area contributed by atoms with Crippen molar-refractivity contribution >= 4 is 29.3 Å². The molecular formula is C33H48FN7O6. The summed E-state index contributed by atoms with van der Waals surface area (Å²) in [5.41, 5.74) is 0.805. The molecule has 2 aliphatic rings. The zero-order valence-electron chi connectivity index (χ0n) is 28.2. The van der Waals surface area contributed by atoms with Crippen LogP contribution in [0.5, 0.6) is 0 Å². The van der Waals surface area contributed by atoms with E-state index in [4.69, 9.17) is 9.37 Å². The van der Waals surface area contributed by atoms with Crippen molar-refractivity contribution in [3.63, 3.8) is 0 Å². The number of hydrogen-bond acceptors (Lipinski definition) is 9. The number of likely N-dealkylation sites (N-methyl/N-ethyl adjacent to an activating group) is 1. The topological polar surface area (TPSA) is 159 Å². The van der Waals surface area contributed by atoms with Gasteiger partial charge in [-0.05, 0) is 67.9 Å². The third-order valence-electron chi connectivity index (χ3n) is 9.59. The molecule has 13 nitrogen and oxygen atoms in total. The number of carbonyl (C=O) groups is 4. The molecule has 1 saturated heterocycles. The minimum absolute atomic E-state index is 0.0201. The summed E-state index contributed by atoms with van der Waals surface area (Å²) in [5, 5.41) is 15.8. The van der Waals surface area contributed by atoms with E-state index in [0.717, 1.165) is 25.7 Å². The van der Waals surface area contributed by atoms with Crippen LogP contribution in [0.3, 0.4) is 0 Å². The van der Waals surface area contributed by atoms with Gasteiger partial charge in [-0.25, -0.2) is 9.02 Å². The fourth-order valence-electron chi connectivity index (χ4n) is 6.16. The lowest BCUT2D eigenvalue weighted by atomic mass is 9.79. The Labute approximate surface area is 275 Å². The van der Waals surface area contributed by atoms with Gasteiger partial charge in [0.25, 0.3) is 5.91 Å². The lowest BCUT2D eigenvalue weighted by Crippen LogP contribution is -2.56. The normalized spacial score (nSPS) is 21.3. The number of nitrogens with one attached hydrogen (secondary N) is 3. The fraction of sp³-hybridized carbons (Fsp3) is 0.636. The zero-order chi connectivity index (χ0) is 34.2. The molecule has 258 valence electrons. The van der Waals surface area contributed by atoms with Gasteiger partial charge in [0.1, 0.15) is 29.7 Å². The van der Waals surface area contributed by atoms with Gasteiger partial charge >= 0.3 is 0 Å². The standard InChI is InChI=1S/C33H48FN7O6/c1-7-25-29(39-47-38-25)32(44)37-28(22-10-8-19(2)9-11-22)31(43)35-26-13-12-23(18-24(26)34)20(3)27(36-30(42)21(4)46-6)33(45)41-16-14-40(5)15-17-41/h12-13,18-22,27-28H,7-11,14-17H2,1-6H3,(H,35,43)(H,36,42)(H,37,44)/t19-,20-,21-,22-,27+,28-/m0/s1. The van der Waals surface area contributed by atoms with Gasteiger partial charge in [-0.3, -0.25) is 19.2 Å². The van der Waals surface area contributed by atoms with E-state index in [9.17, 15) is 19.2 Å². The first-order valence-corrected chi connectivity index (χ1v) is 16.5. The zero-order valence-corrected chi connectivity index (χ0v) is 28.2. The third-order valence-corrected chi connectivity index (χ3v) is 9.59. The quantitative estimate of drug-likeness (QED) is 0.312. The highest BCUT2D eigenvalue weighted by molar-refractivity contribution is 6.01. The number of anilines is 1. The van der Waals surface area contributed by atoms with Gasteiger partial charge in [-0.1, -0.05) is 44.8 Å². The van der Waals surface area contributed by atoms with Crippen LogP contribution in [0.1, 0.15) is 81.0 Å². The molecule has 4 atom stereocenters. The molecule has 4 rings (SSSR count). The summed E-state index contributed by atoms with van der Waals surface area (Å²) >= 11 is 0. The van der Waals surface area contributed by atoms with Gasteiger partial charge in [0.05, 0.1) is 5.69 Å². The Morgan fingerprint density at radius 2 is 1.70 bits per heavy atom. The molecule has 0 unspecified atom stereocenters. The summed E-state index contributed by atoms with van der Waals surface area (Å²) in [6.45, 7) is 9.74. The van der Waals surface area contributed by atoms with Crippen LogP contribution in [0.4, 0.5) is 10.1 Å². The van der Waals surface area contributed by atoms with Crippen molar-refractivity contribution < 1.29 is 32.9 Å². The van der Waals surface area contributed by atoms with E-state index in [-0.39, 0.29) is 23.2 Å². The van der Waals surface area contributed by atoms with Crippen LogP contribution in [0.2, 0.25) is 0 Å². The molecule has 0 spiro atoms. The Morgan fingerprint density at radius 1 is 1.02 bits per heavy atom. The maximum Gasteiger partial charge on any atom is 0.276 e. The van der Waals surface area contributed by atoms with Crippen molar-refractivity contribution in [2.45, 2.75) is 83.9 Å². The molecule has 2 fully saturated rings. The summed E-state index contributed by atoms with van der Waals surface area (Å²) in [6.07, 6.45) is 2.92. The number of amides is 4. The Morgan fingerprint density at radius 3 is 2.32 bits per heavy atom. The van der Waals surface area contributed by atoms with Crippen molar-refractivity contribution in [2.75, 3.05) is 45.7 Å². The summed E-state index contributed by atoms with van der Waals surface area (Å²) in [7, 11) is 3.39. The number of benzene rings is 1. The summed E-state index contributed by atoms with van der Waals surface area (Å²) < 4.78 is 25.6. The van der Waals surface area contributed by atoms with Crippen molar-refractivity contribution in [2.24, 2.45) is 11.8 Å². The number of nitrogens with zero attached hydrogens (tertiary/aromatic N) is 4. The van der Waals surface area contributed by atoms with Gasteiger partial charge in [0.15, 0.2) is 5.69 Å². The van der Waals surface area contributed by atoms with Crippen LogP contribution in [-0.2, 0) is 25.5 Å². The Hall–Kier alpha value is -3.91. The van der Waals surface area contributed by atoms with E-state index < -0.39 is 47.6 Å². The lowest BCUT2D eigenvalue weighted by Gasteiger charge is -2.36. The molecule has 2 aromatic rings. The van der Waals surface area contributed by atoms with E-state index in [0.29, 0.717) is 49.8 Å². The number of hydrogen-bond donors (Lipinski definition) is 3. The molecule has 47 heavy (non-hydrogen) atoms. The number of piperazine rings is 1. The van der Waals surface area contributed by atoms with E-state index in [2.05, 4.69) is 38.1 Å². The predicted octanol–water partition coefficient (Wildman–Crippen LogP) is 2.73. The van der Waals surface area contributed by atoms with Crippen LogP contribution >= 0.6 is 0 Å². The van der Waals surface area contributed by atoms with Crippen molar-refractivity contribution in [1.29, 1.82) is 0 Å². The Bertz CT molecular complexity index is 1400. The van der Waals surface area contributed by atoms with Crippen molar-refractivity contribution in [3.05, 3.63) is 41.0 Å². The van der Waals surface area contributed by atoms with E-state index in [1.807, 2.05) is 14.0 Å². The van der Waals surface area contributed by atoms with Crippen molar-refractivity contribution in [3.8, 4) is 0 Å². The molecule has 1 aliphatic heterocycles. The summed E-state index contributed by atoms with van der Waals surface area (Å²) in [5.74, 6) is -2.78. The number of aryl methyl sites for hydroxylation is 1. The third kappa shape index (κ3) is 8.92. The molecule has 0 bridgehead atoms. The highest BCUT2D eigenvalue weighted by Crippen LogP contribution is 2.32. The Kier molecular flexibility index (Phi) is 12.4. The minimum Gasteiger partial charge on any atom is -0.372 e. The van der Waals surface area contributed by atoms with E-state index in [1.165, 1.54) is 19.2 Å². The second-order valence-corrected chi connectivity index (χ2v) is 12.9. The predicted molar refractivity (Wildman–Crippen MR) is 172 cm³/mol. The average molecular weight is 658 g/mol. The number of carbonyl (C=O) groups excluding carboxylic acids is 4. The van der Waals surface area contributed by atoms with Crippen LogP contribution in [0.15, 0.2) is 22.8 Å². The van der Waals surface area contributed by atoms with Crippen LogP contribution in [-0.4, -0.2) is 102 Å². The highest BCUT2D eigenvalue weighted by Gasteiger charge is 2.36. The van der Waals surface area contributed by atoms with E-state index >= 15 is 4.39 Å². The van der Waals surface area contributed by atoms with Crippen LogP contribution in [0, 0.1) is 17.7 Å². The maximum absolute atomic E-state index is 15.7. The lowest BCUT2D eigenvalue weighted by molar-refractivity contribution is -0.140. The molecule has 1 aromatic heterocycles. The summed E-state index contributed by atoms with van der Waals surface area (Å²) in [4.78, 5) is 57.1. The van der Waals surface area contributed by atoms with Crippen molar-refractivity contribution in [1.82, 2.24) is 30.7 Å². The summed E-state index contributed by atoms with van der Waals surface area (Å²) in [6, 6.07) is 2.44.